The summed E-state index contributed by atoms with van der Waals surface area (Å²) < 4.78 is 0. The fraction of sp³-hybridized carbons (Fsp3) is 0.696. The van der Waals surface area contributed by atoms with E-state index in [1.807, 2.05) is 4.90 Å². The highest BCUT2D eigenvalue weighted by atomic mass is 16.3. The molecular weight excluding hydrogens is 352 g/mol. The lowest BCUT2D eigenvalue weighted by Crippen LogP contribution is -2.59. The zero-order valence-corrected chi connectivity index (χ0v) is 17.7. The maximum atomic E-state index is 13.1. The summed E-state index contributed by atoms with van der Waals surface area (Å²) in [5.74, 6) is 0.357. The lowest BCUT2D eigenvalue weighted by molar-refractivity contribution is -0.161. The summed E-state index contributed by atoms with van der Waals surface area (Å²) in [7, 11) is 0. The van der Waals surface area contributed by atoms with Crippen molar-refractivity contribution in [3.05, 3.63) is 35.4 Å². The number of aliphatic hydroxyl groups excluding tert-OH is 1. The topological polar surface area (TPSA) is 64.0 Å². The van der Waals surface area contributed by atoms with Crippen LogP contribution in [0, 0.1) is 5.41 Å². The Morgan fingerprint density at radius 3 is 2.29 bits per heavy atom. The predicted molar refractivity (Wildman–Crippen MR) is 111 cm³/mol. The summed E-state index contributed by atoms with van der Waals surface area (Å²) in [4.78, 5) is 17.1. The van der Waals surface area contributed by atoms with Crippen LogP contribution < -0.4 is 0 Å². The van der Waals surface area contributed by atoms with Crippen molar-refractivity contribution in [2.45, 2.75) is 64.5 Å². The smallest absolute Gasteiger partial charge is 0.256 e. The van der Waals surface area contributed by atoms with E-state index in [1.54, 1.807) is 0 Å². The monoisotopic (exact) mass is 388 g/mol. The van der Waals surface area contributed by atoms with E-state index in [-0.39, 0.29) is 17.9 Å². The third kappa shape index (κ3) is 4.76. The summed E-state index contributed by atoms with van der Waals surface area (Å²) in [6.45, 7) is 9.96. The third-order valence-electron chi connectivity index (χ3n) is 6.65. The second kappa shape index (κ2) is 8.52. The van der Waals surface area contributed by atoms with E-state index in [4.69, 9.17) is 0 Å². The van der Waals surface area contributed by atoms with E-state index in [0.717, 1.165) is 37.9 Å². The quantitative estimate of drug-likeness (QED) is 0.787. The second-order valence-corrected chi connectivity index (χ2v) is 9.50. The van der Waals surface area contributed by atoms with Gasteiger partial charge in [0.2, 0.25) is 0 Å². The number of hydrogen-bond acceptors (Lipinski definition) is 4. The fourth-order valence-corrected chi connectivity index (χ4v) is 4.37. The Labute approximate surface area is 169 Å². The van der Waals surface area contributed by atoms with Gasteiger partial charge in [0.15, 0.2) is 5.60 Å². The molecule has 5 heteroatoms. The molecule has 1 amide bonds. The first-order valence-electron chi connectivity index (χ1n) is 10.7. The van der Waals surface area contributed by atoms with Crippen LogP contribution in [0.2, 0.25) is 0 Å². The molecule has 28 heavy (non-hydrogen) atoms. The predicted octanol–water partition coefficient (Wildman–Crippen LogP) is 2.76. The largest absolute Gasteiger partial charge is 0.396 e. The van der Waals surface area contributed by atoms with E-state index < -0.39 is 5.60 Å². The molecule has 0 aliphatic carbocycles. The molecular formula is C23H36N2O3. The Hall–Kier alpha value is -1.43. The van der Waals surface area contributed by atoms with Gasteiger partial charge in [-0.3, -0.25) is 9.69 Å². The van der Waals surface area contributed by atoms with Crippen molar-refractivity contribution < 1.29 is 15.0 Å². The summed E-state index contributed by atoms with van der Waals surface area (Å²) in [6.07, 6.45) is 3.16. The number of benzene rings is 1. The molecule has 2 heterocycles. The summed E-state index contributed by atoms with van der Waals surface area (Å²) in [5.41, 5.74) is 1.09. The molecule has 3 rings (SSSR count). The lowest BCUT2D eigenvalue weighted by atomic mass is 9.80. The van der Waals surface area contributed by atoms with Gasteiger partial charge in [-0.15, -0.1) is 0 Å². The van der Waals surface area contributed by atoms with Gasteiger partial charge in [-0.2, -0.15) is 0 Å². The molecule has 0 unspecified atom stereocenters. The standard InChI is InChI=1S/C23H36N2O3/c1-18(2)20-7-5-19(6-8-20)15-25-12-4-9-23(28,21(25)27)16-24-13-10-22(3,17-26)11-14-24/h5-8,18,26,28H,4,9-17H2,1-3H3/t23-/m1/s1. The minimum Gasteiger partial charge on any atom is -0.396 e. The molecule has 156 valence electrons. The van der Waals surface area contributed by atoms with Crippen molar-refractivity contribution in [2.24, 2.45) is 5.41 Å². The molecule has 2 N–H and O–H groups in total. The van der Waals surface area contributed by atoms with Gasteiger partial charge >= 0.3 is 0 Å². The number of nitrogens with zero attached hydrogens (tertiary/aromatic N) is 2. The molecule has 1 aromatic rings. The number of aliphatic hydroxyl groups is 2. The van der Waals surface area contributed by atoms with Crippen LogP contribution in [-0.2, 0) is 11.3 Å². The number of carbonyl (C=O) groups is 1. The first-order chi connectivity index (χ1) is 13.2. The summed E-state index contributed by atoms with van der Waals surface area (Å²) in [5, 5.41) is 20.7. The van der Waals surface area contributed by atoms with E-state index in [9.17, 15) is 15.0 Å². The second-order valence-electron chi connectivity index (χ2n) is 9.50. The van der Waals surface area contributed by atoms with Crippen LogP contribution in [0.5, 0.6) is 0 Å². The fourth-order valence-electron chi connectivity index (χ4n) is 4.37. The van der Waals surface area contributed by atoms with Crippen LogP contribution in [0.1, 0.15) is 63.5 Å². The maximum absolute atomic E-state index is 13.1. The number of hydrogen-bond donors (Lipinski definition) is 2. The van der Waals surface area contributed by atoms with Crippen LogP contribution in [0.3, 0.4) is 0 Å². The first kappa shape index (κ1) is 21.3. The average molecular weight is 389 g/mol. The van der Waals surface area contributed by atoms with Gasteiger partial charge in [-0.1, -0.05) is 45.0 Å². The van der Waals surface area contributed by atoms with Gasteiger partial charge in [-0.05, 0) is 61.2 Å². The molecule has 0 spiro atoms. The van der Waals surface area contributed by atoms with Crippen molar-refractivity contribution in [2.75, 3.05) is 32.8 Å². The van der Waals surface area contributed by atoms with Crippen LogP contribution in [-0.4, -0.2) is 64.3 Å². The third-order valence-corrected chi connectivity index (χ3v) is 6.65. The number of β-amino-alcohol motifs (C(OH)–C–C–N with tert-alkyl or cyclic N) is 1. The minimum atomic E-state index is -1.29. The lowest BCUT2D eigenvalue weighted by Gasteiger charge is -2.44. The summed E-state index contributed by atoms with van der Waals surface area (Å²) in [6, 6.07) is 8.45. The van der Waals surface area contributed by atoms with Gasteiger partial charge in [-0.25, -0.2) is 0 Å². The SMILES string of the molecule is CC(C)c1ccc(CN2CCC[C@@](O)(CN3CCC(C)(CO)CC3)C2=O)cc1. The highest BCUT2D eigenvalue weighted by molar-refractivity contribution is 5.86. The van der Waals surface area contributed by atoms with Crippen molar-refractivity contribution in [1.29, 1.82) is 0 Å². The Morgan fingerprint density at radius 2 is 1.71 bits per heavy atom. The van der Waals surface area contributed by atoms with Crippen LogP contribution in [0.15, 0.2) is 24.3 Å². The van der Waals surface area contributed by atoms with Gasteiger partial charge in [0.25, 0.3) is 5.91 Å². The van der Waals surface area contributed by atoms with Crippen molar-refractivity contribution in [1.82, 2.24) is 9.80 Å². The molecule has 5 nitrogen and oxygen atoms in total. The Balaban J connectivity index is 1.61. The normalized spacial score (nSPS) is 26.1. The Kier molecular flexibility index (Phi) is 6.47. The summed E-state index contributed by atoms with van der Waals surface area (Å²) >= 11 is 0. The molecule has 2 aliphatic heterocycles. The number of likely N-dealkylation sites (tertiary alicyclic amines) is 2. The number of carbonyl (C=O) groups excluding carboxylic acids is 1. The molecule has 0 saturated carbocycles. The zero-order chi connectivity index (χ0) is 20.4. The first-order valence-corrected chi connectivity index (χ1v) is 10.7. The highest BCUT2D eigenvalue weighted by Crippen LogP contribution is 2.32. The van der Waals surface area contributed by atoms with Crippen LogP contribution in [0.25, 0.3) is 0 Å². The Bertz CT molecular complexity index is 665. The van der Waals surface area contributed by atoms with Gasteiger partial charge in [0.05, 0.1) is 0 Å². The number of piperidine rings is 2. The minimum absolute atomic E-state index is 0.0239. The van der Waals surface area contributed by atoms with Crippen LogP contribution >= 0.6 is 0 Å². The van der Waals surface area contributed by atoms with E-state index in [2.05, 4.69) is 49.9 Å². The van der Waals surface area contributed by atoms with Gasteiger partial charge in [0, 0.05) is 26.2 Å². The molecule has 0 radical (unpaired) electrons. The van der Waals surface area contributed by atoms with E-state index >= 15 is 0 Å². The molecule has 0 aromatic heterocycles. The molecule has 2 fully saturated rings. The van der Waals surface area contributed by atoms with E-state index in [1.165, 1.54) is 5.56 Å². The highest BCUT2D eigenvalue weighted by Gasteiger charge is 2.44. The number of amides is 1. The van der Waals surface area contributed by atoms with Gasteiger partial charge in [0.1, 0.15) is 0 Å². The molecule has 1 aromatic carbocycles. The Morgan fingerprint density at radius 1 is 1.07 bits per heavy atom. The molecule has 0 bridgehead atoms. The average Bonchev–Trinajstić information content (AvgIpc) is 2.68. The van der Waals surface area contributed by atoms with Crippen molar-refractivity contribution in [3.63, 3.8) is 0 Å². The molecule has 2 aliphatic rings. The van der Waals surface area contributed by atoms with E-state index in [0.29, 0.717) is 32.0 Å². The van der Waals surface area contributed by atoms with Crippen molar-refractivity contribution >= 4 is 5.91 Å². The molecule has 1 atom stereocenters. The zero-order valence-electron chi connectivity index (χ0n) is 17.7. The maximum Gasteiger partial charge on any atom is 0.256 e. The molecule has 2 saturated heterocycles. The van der Waals surface area contributed by atoms with Crippen molar-refractivity contribution in [3.8, 4) is 0 Å². The number of rotatable bonds is 6. The van der Waals surface area contributed by atoms with Crippen LogP contribution in [0.4, 0.5) is 0 Å². The van der Waals surface area contributed by atoms with Gasteiger partial charge < -0.3 is 15.1 Å².